The predicted molar refractivity (Wildman–Crippen MR) is 43.8 cm³/mol. The monoisotopic (exact) mass is 147 g/mol. The Morgan fingerprint density at radius 3 is 3.36 bits per heavy atom. The molecular formula is C8H9N3. The van der Waals surface area contributed by atoms with Crippen molar-refractivity contribution in [1.29, 1.82) is 0 Å². The summed E-state index contributed by atoms with van der Waals surface area (Å²) < 4.78 is 1.95. The number of allylic oxidation sites excluding steroid dienone is 1. The Morgan fingerprint density at radius 2 is 2.55 bits per heavy atom. The Labute approximate surface area is 65.1 Å². The van der Waals surface area contributed by atoms with E-state index in [9.17, 15) is 0 Å². The molecule has 0 fully saturated rings. The zero-order valence-corrected chi connectivity index (χ0v) is 6.20. The Hall–Kier alpha value is -1.38. The summed E-state index contributed by atoms with van der Waals surface area (Å²) in [6.45, 7) is 5.40. The van der Waals surface area contributed by atoms with Crippen LogP contribution in [-0.2, 0) is 6.54 Å². The van der Waals surface area contributed by atoms with Gasteiger partial charge >= 0.3 is 0 Å². The van der Waals surface area contributed by atoms with Gasteiger partial charge in [-0.25, -0.2) is 0 Å². The van der Waals surface area contributed by atoms with E-state index in [1.807, 2.05) is 10.7 Å². The van der Waals surface area contributed by atoms with Crippen LogP contribution in [-0.4, -0.2) is 22.0 Å². The fourth-order valence-electron chi connectivity index (χ4n) is 1.24. The number of nitrogens with zero attached hydrogens (tertiary/aromatic N) is 3. The second kappa shape index (κ2) is 2.34. The van der Waals surface area contributed by atoms with Gasteiger partial charge in [0.05, 0.1) is 24.5 Å². The van der Waals surface area contributed by atoms with Gasteiger partial charge in [-0.3, -0.25) is 9.67 Å². The molecule has 0 aromatic carbocycles. The zero-order chi connectivity index (χ0) is 7.68. The molecule has 0 saturated carbocycles. The van der Waals surface area contributed by atoms with Crippen molar-refractivity contribution in [3.63, 3.8) is 0 Å². The predicted octanol–water partition coefficient (Wildman–Crippen LogP) is 0.872. The minimum Gasteiger partial charge on any atom is -0.281 e. The second-order valence-corrected chi connectivity index (χ2v) is 2.41. The van der Waals surface area contributed by atoms with Crippen molar-refractivity contribution in [2.45, 2.75) is 6.54 Å². The van der Waals surface area contributed by atoms with Gasteiger partial charge in [0.15, 0.2) is 0 Å². The first kappa shape index (κ1) is 6.34. The quantitative estimate of drug-likeness (QED) is 0.579. The Morgan fingerprint density at radius 1 is 1.64 bits per heavy atom. The van der Waals surface area contributed by atoms with E-state index in [2.05, 4.69) is 16.7 Å². The van der Waals surface area contributed by atoms with Crippen molar-refractivity contribution in [3.05, 3.63) is 30.6 Å². The van der Waals surface area contributed by atoms with Gasteiger partial charge in [0.25, 0.3) is 0 Å². The van der Waals surface area contributed by atoms with Gasteiger partial charge in [0.1, 0.15) is 0 Å². The first-order valence-electron chi connectivity index (χ1n) is 3.61. The highest BCUT2D eigenvalue weighted by Gasteiger charge is 2.10. The lowest BCUT2D eigenvalue weighted by atomic mass is 10.2. The number of aliphatic imine (C=N–C) groups is 1. The van der Waals surface area contributed by atoms with Gasteiger partial charge < -0.3 is 0 Å². The first-order valence-corrected chi connectivity index (χ1v) is 3.61. The standard InChI is InChI=1S/C8H9N3/c1-2-7-8-3-4-10-11(8)6-5-9-7/h2-4H,1,5-6H2. The van der Waals surface area contributed by atoms with E-state index >= 15 is 0 Å². The van der Waals surface area contributed by atoms with Gasteiger partial charge in [0.2, 0.25) is 0 Å². The number of hydrogen-bond donors (Lipinski definition) is 0. The van der Waals surface area contributed by atoms with E-state index in [1.54, 1.807) is 12.3 Å². The van der Waals surface area contributed by atoms with Crippen molar-refractivity contribution < 1.29 is 0 Å². The summed E-state index contributed by atoms with van der Waals surface area (Å²) in [5.41, 5.74) is 2.03. The largest absolute Gasteiger partial charge is 0.281 e. The molecule has 2 heterocycles. The highest BCUT2D eigenvalue weighted by Crippen LogP contribution is 2.06. The fourth-order valence-corrected chi connectivity index (χ4v) is 1.24. The first-order chi connectivity index (χ1) is 5.42. The van der Waals surface area contributed by atoms with E-state index in [4.69, 9.17) is 0 Å². The van der Waals surface area contributed by atoms with Crippen molar-refractivity contribution >= 4 is 5.71 Å². The van der Waals surface area contributed by atoms with E-state index < -0.39 is 0 Å². The average Bonchev–Trinajstić information content (AvgIpc) is 2.50. The summed E-state index contributed by atoms with van der Waals surface area (Å²) in [6.07, 6.45) is 3.56. The highest BCUT2D eigenvalue weighted by atomic mass is 15.3. The van der Waals surface area contributed by atoms with E-state index in [0.29, 0.717) is 0 Å². The topological polar surface area (TPSA) is 30.2 Å². The molecule has 0 atom stereocenters. The minimum absolute atomic E-state index is 0.816. The molecule has 0 aliphatic carbocycles. The Kier molecular flexibility index (Phi) is 1.35. The Balaban J connectivity index is 2.52. The smallest absolute Gasteiger partial charge is 0.0862 e. The van der Waals surface area contributed by atoms with Gasteiger partial charge in [-0.15, -0.1) is 0 Å². The molecule has 0 N–H and O–H groups in total. The summed E-state index contributed by atoms with van der Waals surface area (Å²) in [5, 5.41) is 4.14. The normalized spacial score (nSPS) is 15.5. The van der Waals surface area contributed by atoms with Crippen LogP contribution in [0.25, 0.3) is 0 Å². The summed E-state index contributed by atoms with van der Waals surface area (Å²) in [6, 6.07) is 1.96. The van der Waals surface area contributed by atoms with Gasteiger partial charge in [-0.1, -0.05) is 6.58 Å². The van der Waals surface area contributed by atoms with Gasteiger partial charge in [-0.2, -0.15) is 5.10 Å². The maximum Gasteiger partial charge on any atom is 0.0862 e. The molecule has 0 spiro atoms. The fraction of sp³-hybridized carbons (Fsp3) is 0.250. The molecule has 0 unspecified atom stereocenters. The average molecular weight is 147 g/mol. The van der Waals surface area contributed by atoms with Crippen molar-refractivity contribution in [2.24, 2.45) is 4.99 Å². The number of hydrogen-bond acceptors (Lipinski definition) is 2. The maximum absolute atomic E-state index is 4.30. The van der Waals surface area contributed by atoms with Gasteiger partial charge in [-0.05, 0) is 12.1 Å². The number of aromatic nitrogens is 2. The van der Waals surface area contributed by atoms with Crippen molar-refractivity contribution in [3.8, 4) is 0 Å². The summed E-state index contributed by atoms with van der Waals surface area (Å²) in [5.74, 6) is 0. The lowest BCUT2D eigenvalue weighted by Crippen LogP contribution is -2.17. The third kappa shape index (κ3) is 0.888. The molecule has 0 amide bonds. The lowest BCUT2D eigenvalue weighted by molar-refractivity contribution is 0.608. The summed E-state index contributed by atoms with van der Waals surface area (Å²) >= 11 is 0. The molecule has 1 aromatic heterocycles. The van der Waals surface area contributed by atoms with E-state index in [0.717, 1.165) is 24.5 Å². The van der Waals surface area contributed by atoms with Crippen LogP contribution in [0.5, 0.6) is 0 Å². The molecule has 3 nitrogen and oxygen atoms in total. The number of fused-ring (bicyclic) bond motifs is 1. The molecule has 0 saturated heterocycles. The Bertz CT molecular complexity index is 309. The lowest BCUT2D eigenvalue weighted by Gasteiger charge is -2.11. The van der Waals surface area contributed by atoms with Crippen LogP contribution in [0.3, 0.4) is 0 Å². The van der Waals surface area contributed by atoms with Crippen LogP contribution < -0.4 is 0 Å². The van der Waals surface area contributed by atoms with Crippen molar-refractivity contribution in [1.82, 2.24) is 9.78 Å². The SMILES string of the molecule is C=CC1=NCCn2nccc21. The number of rotatable bonds is 1. The van der Waals surface area contributed by atoms with Crippen molar-refractivity contribution in [2.75, 3.05) is 6.54 Å². The summed E-state index contributed by atoms with van der Waals surface area (Å²) in [7, 11) is 0. The van der Waals surface area contributed by atoms with E-state index in [-0.39, 0.29) is 0 Å². The third-order valence-corrected chi connectivity index (χ3v) is 1.77. The zero-order valence-electron chi connectivity index (χ0n) is 6.20. The molecule has 0 bridgehead atoms. The molecule has 3 heteroatoms. The van der Waals surface area contributed by atoms with E-state index in [1.165, 1.54) is 0 Å². The molecule has 0 radical (unpaired) electrons. The molecule has 1 aromatic rings. The van der Waals surface area contributed by atoms with Crippen LogP contribution in [0.2, 0.25) is 0 Å². The van der Waals surface area contributed by atoms with Crippen LogP contribution in [0, 0.1) is 0 Å². The van der Waals surface area contributed by atoms with Crippen LogP contribution in [0.4, 0.5) is 0 Å². The van der Waals surface area contributed by atoms with Crippen LogP contribution in [0.15, 0.2) is 29.9 Å². The molecule has 56 valence electrons. The minimum atomic E-state index is 0.816. The van der Waals surface area contributed by atoms with Crippen LogP contribution >= 0.6 is 0 Å². The summed E-state index contributed by atoms with van der Waals surface area (Å²) in [4.78, 5) is 4.30. The second-order valence-electron chi connectivity index (χ2n) is 2.41. The molecule has 1 aliphatic heterocycles. The molecular weight excluding hydrogens is 138 g/mol. The van der Waals surface area contributed by atoms with Gasteiger partial charge in [0, 0.05) is 6.20 Å². The molecule has 11 heavy (non-hydrogen) atoms. The third-order valence-electron chi connectivity index (χ3n) is 1.77. The molecule has 2 rings (SSSR count). The maximum atomic E-state index is 4.30. The highest BCUT2D eigenvalue weighted by molar-refractivity contribution is 6.07. The van der Waals surface area contributed by atoms with Crippen LogP contribution in [0.1, 0.15) is 5.69 Å². The molecule has 1 aliphatic rings.